The molecular weight excluding hydrogens is 370 g/mol. The molecule has 0 aliphatic carbocycles. The van der Waals surface area contributed by atoms with Gasteiger partial charge in [-0.3, -0.25) is 9.69 Å². The Morgan fingerprint density at radius 1 is 1.14 bits per heavy atom. The molecule has 0 bridgehead atoms. The molecular formula is C23H35NO5. The van der Waals surface area contributed by atoms with Crippen molar-refractivity contribution in [3.05, 3.63) is 35.9 Å². The minimum absolute atomic E-state index is 0.0157. The Kier molecular flexibility index (Phi) is 7.69. The minimum Gasteiger partial charge on any atom is -0.481 e. The lowest BCUT2D eigenvalue weighted by Gasteiger charge is -2.33. The number of carboxylic acid groups (broad SMARTS) is 1. The lowest BCUT2D eigenvalue weighted by atomic mass is 9.86. The third-order valence-corrected chi connectivity index (χ3v) is 5.50. The second-order valence-electron chi connectivity index (χ2n) is 9.13. The molecule has 1 heterocycles. The van der Waals surface area contributed by atoms with Crippen LogP contribution < -0.4 is 0 Å². The van der Waals surface area contributed by atoms with Gasteiger partial charge >= 0.3 is 12.1 Å². The van der Waals surface area contributed by atoms with Crippen molar-refractivity contribution in [2.75, 3.05) is 0 Å². The third kappa shape index (κ3) is 5.95. The summed E-state index contributed by atoms with van der Waals surface area (Å²) >= 11 is 0. The SMILES string of the molecule is CC(C)C[C@H]1[C@H](CC(C(=O)O)C(C)C)OC(C)(C)N1C(=O)OCc1ccccc1. The highest BCUT2D eigenvalue weighted by Crippen LogP contribution is 2.39. The fourth-order valence-corrected chi connectivity index (χ4v) is 4.07. The maximum Gasteiger partial charge on any atom is 0.412 e. The zero-order chi connectivity index (χ0) is 21.8. The van der Waals surface area contributed by atoms with Crippen molar-refractivity contribution in [3.8, 4) is 0 Å². The van der Waals surface area contributed by atoms with Gasteiger partial charge in [0.15, 0.2) is 0 Å². The predicted octanol–water partition coefficient (Wildman–Crippen LogP) is 4.92. The Morgan fingerprint density at radius 2 is 1.76 bits per heavy atom. The van der Waals surface area contributed by atoms with Gasteiger partial charge in [-0.05, 0) is 44.1 Å². The Labute approximate surface area is 174 Å². The largest absolute Gasteiger partial charge is 0.481 e. The van der Waals surface area contributed by atoms with E-state index in [9.17, 15) is 14.7 Å². The standard InChI is InChI=1S/C23H35NO5/c1-15(2)12-19-20(13-18(16(3)4)21(25)26)29-23(5,6)24(19)22(27)28-14-17-10-8-7-9-11-17/h7-11,15-16,18-20H,12-14H2,1-6H3,(H,25,26)/t18?,19-,20-/m0/s1. The van der Waals surface area contributed by atoms with E-state index in [1.54, 1.807) is 4.90 Å². The van der Waals surface area contributed by atoms with E-state index < -0.39 is 23.7 Å². The van der Waals surface area contributed by atoms with E-state index in [0.717, 1.165) is 12.0 Å². The maximum absolute atomic E-state index is 13.0. The van der Waals surface area contributed by atoms with Crippen molar-refractivity contribution in [1.82, 2.24) is 4.90 Å². The van der Waals surface area contributed by atoms with Crippen molar-refractivity contribution < 1.29 is 24.2 Å². The maximum atomic E-state index is 13.0. The Balaban J connectivity index is 2.21. The van der Waals surface area contributed by atoms with E-state index in [0.29, 0.717) is 12.3 Å². The van der Waals surface area contributed by atoms with E-state index in [4.69, 9.17) is 9.47 Å². The van der Waals surface area contributed by atoms with Crippen LogP contribution in [0.15, 0.2) is 30.3 Å². The molecule has 1 aliphatic heterocycles. The summed E-state index contributed by atoms with van der Waals surface area (Å²) in [6.45, 7) is 11.9. The van der Waals surface area contributed by atoms with Crippen molar-refractivity contribution in [2.24, 2.45) is 17.8 Å². The molecule has 2 rings (SSSR count). The normalized spacial score (nSPS) is 22.1. The Bertz CT molecular complexity index is 686. The molecule has 1 fully saturated rings. The topological polar surface area (TPSA) is 76.1 Å². The number of hydrogen-bond donors (Lipinski definition) is 1. The van der Waals surface area contributed by atoms with Gasteiger partial charge in [0.05, 0.1) is 18.1 Å². The van der Waals surface area contributed by atoms with Crippen LogP contribution in [0.1, 0.15) is 59.9 Å². The van der Waals surface area contributed by atoms with Crippen molar-refractivity contribution in [1.29, 1.82) is 0 Å². The highest BCUT2D eigenvalue weighted by atomic mass is 16.6. The summed E-state index contributed by atoms with van der Waals surface area (Å²) in [5.74, 6) is -1.04. The second-order valence-corrected chi connectivity index (χ2v) is 9.13. The van der Waals surface area contributed by atoms with Crippen LogP contribution in [0.5, 0.6) is 0 Å². The van der Waals surface area contributed by atoms with E-state index in [2.05, 4.69) is 13.8 Å². The summed E-state index contributed by atoms with van der Waals surface area (Å²) < 4.78 is 11.8. The molecule has 1 saturated heterocycles. The predicted molar refractivity (Wildman–Crippen MR) is 111 cm³/mol. The minimum atomic E-state index is -0.863. The number of carbonyl (C=O) groups is 2. The molecule has 0 radical (unpaired) electrons. The number of ether oxygens (including phenoxy) is 2. The number of rotatable bonds is 8. The number of carbonyl (C=O) groups excluding carboxylic acids is 1. The summed E-state index contributed by atoms with van der Waals surface area (Å²) in [6.07, 6.45) is 0.318. The molecule has 1 aliphatic rings. The molecule has 1 amide bonds. The van der Waals surface area contributed by atoms with Gasteiger partial charge in [0, 0.05) is 0 Å². The fraction of sp³-hybridized carbons (Fsp3) is 0.652. The zero-order valence-corrected chi connectivity index (χ0v) is 18.4. The van der Waals surface area contributed by atoms with E-state index in [1.165, 1.54) is 0 Å². The molecule has 1 aromatic rings. The van der Waals surface area contributed by atoms with Crippen LogP contribution in [0, 0.1) is 17.8 Å². The molecule has 162 valence electrons. The summed E-state index contributed by atoms with van der Waals surface area (Å²) in [6, 6.07) is 9.32. The fourth-order valence-electron chi connectivity index (χ4n) is 4.07. The first kappa shape index (κ1) is 23.2. The van der Waals surface area contributed by atoms with E-state index >= 15 is 0 Å². The van der Waals surface area contributed by atoms with Crippen LogP contribution >= 0.6 is 0 Å². The number of nitrogens with zero attached hydrogens (tertiary/aromatic N) is 1. The zero-order valence-electron chi connectivity index (χ0n) is 18.4. The lowest BCUT2D eigenvalue weighted by molar-refractivity contribution is -0.145. The number of amides is 1. The van der Waals surface area contributed by atoms with Crippen LogP contribution in [0.3, 0.4) is 0 Å². The van der Waals surface area contributed by atoms with Crippen LogP contribution in [-0.4, -0.2) is 39.9 Å². The quantitative estimate of drug-likeness (QED) is 0.664. The van der Waals surface area contributed by atoms with Gasteiger partial charge in [0.2, 0.25) is 0 Å². The number of hydrogen-bond acceptors (Lipinski definition) is 4. The first-order valence-electron chi connectivity index (χ1n) is 10.4. The smallest absolute Gasteiger partial charge is 0.412 e. The molecule has 1 N–H and O–H groups in total. The Hall–Kier alpha value is -2.08. The van der Waals surface area contributed by atoms with Gasteiger partial charge < -0.3 is 14.6 Å². The van der Waals surface area contributed by atoms with Gasteiger partial charge in [-0.2, -0.15) is 0 Å². The second kappa shape index (κ2) is 9.61. The highest BCUT2D eigenvalue weighted by Gasteiger charge is 2.51. The molecule has 1 aromatic carbocycles. The number of carboxylic acids is 1. The summed E-state index contributed by atoms with van der Waals surface area (Å²) in [5, 5.41) is 9.63. The first-order valence-corrected chi connectivity index (χ1v) is 10.4. The number of aliphatic carboxylic acids is 1. The van der Waals surface area contributed by atoms with E-state index in [1.807, 2.05) is 58.0 Å². The summed E-state index contributed by atoms with van der Waals surface area (Å²) in [7, 11) is 0. The molecule has 0 aromatic heterocycles. The van der Waals surface area contributed by atoms with Gasteiger partial charge in [-0.15, -0.1) is 0 Å². The van der Waals surface area contributed by atoms with Gasteiger partial charge in [0.25, 0.3) is 0 Å². The lowest BCUT2D eigenvalue weighted by Crippen LogP contribution is -2.49. The molecule has 0 saturated carbocycles. The van der Waals surface area contributed by atoms with Gasteiger partial charge in [-0.25, -0.2) is 4.79 Å². The molecule has 3 atom stereocenters. The van der Waals surface area contributed by atoms with Crippen LogP contribution in [0.2, 0.25) is 0 Å². The summed E-state index contributed by atoms with van der Waals surface area (Å²) in [5.41, 5.74) is 0.0550. The molecule has 1 unspecified atom stereocenters. The average Bonchev–Trinajstić information content (AvgIpc) is 2.87. The van der Waals surface area contributed by atoms with Crippen LogP contribution in [0.25, 0.3) is 0 Å². The monoisotopic (exact) mass is 405 g/mol. The molecule has 6 nitrogen and oxygen atoms in total. The van der Waals surface area contributed by atoms with Crippen LogP contribution in [0.4, 0.5) is 4.79 Å². The van der Waals surface area contributed by atoms with Crippen molar-refractivity contribution >= 4 is 12.1 Å². The number of benzene rings is 1. The average molecular weight is 406 g/mol. The van der Waals surface area contributed by atoms with Gasteiger partial charge in [-0.1, -0.05) is 58.0 Å². The molecule has 0 spiro atoms. The first-order chi connectivity index (χ1) is 13.5. The summed E-state index contributed by atoms with van der Waals surface area (Å²) in [4.78, 5) is 26.4. The third-order valence-electron chi connectivity index (χ3n) is 5.50. The van der Waals surface area contributed by atoms with Crippen molar-refractivity contribution in [2.45, 2.75) is 78.9 Å². The molecule has 29 heavy (non-hydrogen) atoms. The van der Waals surface area contributed by atoms with Crippen molar-refractivity contribution in [3.63, 3.8) is 0 Å². The van der Waals surface area contributed by atoms with E-state index in [-0.39, 0.29) is 24.7 Å². The Morgan fingerprint density at radius 3 is 2.28 bits per heavy atom. The molecule has 6 heteroatoms. The van der Waals surface area contributed by atoms with Gasteiger partial charge in [0.1, 0.15) is 12.3 Å². The highest BCUT2D eigenvalue weighted by molar-refractivity contribution is 5.71. The van der Waals surface area contributed by atoms with Crippen LogP contribution in [-0.2, 0) is 20.9 Å².